The normalized spacial score (nSPS) is 19.1. The van der Waals surface area contributed by atoms with E-state index in [0.717, 1.165) is 21.8 Å². The number of nitrogens with two attached hydrogens (primary N) is 1. The number of β-lactam (4-membered cyclic amide) rings is 1. The fourth-order valence-electron chi connectivity index (χ4n) is 4.39. The van der Waals surface area contributed by atoms with Crippen molar-refractivity contribution in [1.29, 1.82) is 0 Å². The highest BCUT2D eigenvalue weighted by atomic mass is 32.2. The number of amides is 4. The Labute approximate surface area is 265 Å². The van der Waals surface area contributed by atoms with Gasteiger partial charge in [-0.15, -0.1) is 23.1 Å². The molecular weight excluding hydrogens is 631 g/mol. The second-order valence-corrected chi connectivity index (χ2v) is 12.6. The van der Waals surface area contributed by atoms with Gasteiger partial charge in [0.15, 0.2) is 10.8 Å². The number of carboxylic acid groups (broad SMARTS) is 1. The molecular formula is C27H31N7O7S3. The molecule has 0 aliphatic carbocycles. The van der Waals surface area contributed by atoms with Gasteiger partial charge in [-0.05, 0) is 30.1 Å². The summed E-state index contributed by atoms with van der Waals surface area (Å²) >= 11 is 3.89. The molecule has 4 rings (SSSR count). The van der Waals surface area contributed by atoms with Crippen molar-refractivity contribution in [3.05, 3.63) is 58.7 Å². The number of hydrogen-bond acceptors (Lipinski definition) is 12. The Morgan fingerprint density at radius 3 is 2.68 bits per heavy atom. The minimum atomic E-state index is -1.23. The molecule has 0 unspecified atom stereocenters. The van der Waals surface area contributed by atoms with Crippen LogP contribution in [0.25, 0.3) is 0 Å². The molecule has 1 fully saturated rings. The molecule has 4 atom stereocenters. The summed E-state index contributed by atoms with van der Waals surface area (Å²) < 4.78 is 0. The van der Waals surface area contributed by atoms with E-state index < -0.39 is 53.1 Å². The summed E-state index contributed by atoms with van der Waals surface area (Å²) in [7, 11) is 1.24. The summed E-state index contributed by atoms with van der Waals surface area (Å²) in [5.41, 5.74) is 6.53. The summed E-state index contributed by atoms with van der Waals surface area (Å²) in [6.45, 7) is 0. The number of nitrogens with one attached hydrogen (secondary N) is 3. The Morgan fingerprint density at radius 2 is 2.00 bits per heavy atom. The molecule has 0 saturated carbocycles. The second kappa shape index (κ2) is 15.2. The first kappa shape index (κ1) is 33.0. The van der Waals surface area contributed by atoms with Crippen LogP contribution >= 0.6 is 34.9 Å². The van der Waals surface area contributed by atoms with Gasteiger partial charge >= 0.3 is 5.97 Å². The maximum Gasteiger partial charge on any atom is 0.352 e. The summed E-state index contributed by atoms with van der Waals surface area (Å²) in [6, 6.07) is 6.47. The fraction of sp³-hybridized carbons (Fsp3) is 0.370. The maximum absolute atomic E-state index is 13.3. The lowest BCUT2D eigenvalue weighted by molar-refractivity contribution is -0.150. The lowest BCUT2D eigenvalue weighted by atomic mass is 10.0. The predicted octanol–water partition coefficient (Wildman–Crippen LogP) is 0.608. The second-order valence-electron chi connectivity index (χ2n) is 9.57. The van der Waals surface area contributed by atoms with Crippen molar-refractivity contribution in [1.82, 2.24) is 20.5 Å². The molecule has 0 bridgehead atoms. The Kier molecular flexibility index (Phi) is 11.4. The van der Waals surface area contributed by atoms with Crippen LogP contribution in [0.2, 0.25) is 0 Å². The molecule has 1 aromatic heterocycles. The van der Waals surface area contributed by atoms with Crippen molar-refractivity contribution in [2.24, 2.45) is 10.9 Å². The average molecular weight is 662 g/mol. The first-order valence-electron chi connectivity index (χ1n) is 13.3. The van der Waals surface area contributed by atoms with Crippen molar-refractivity contribution in [3.63, 3.8) is 0 Å². The first-order valence-corrected chi connectivity index (χ1v) is 16.6. The number of hydrogen-bond donors (Lipinski definition) is 5. The first-order chi connectivity index (χ1) is 21.1. The van der Waals surface area contributed by atoms with Crippen LogP contribution in [-0.2, 0) is 35.2 Å². The Hall–Kier alpha value is -3.93. The number of aliphatic carboxylic acids is 1. The SMILES string of the molecule is CO/N=C(\C(=O)N[C@@H]1C(=O)N2C(C(=O)O)=CCS[C@@H]12)c1csc(NC(=O)[C@H](Cc2ccccc2)NC(=O)[C@@H](N)CCSC)n1. The number of carbonyl (C=O) groups excluding carboxylic acids is 4. The van der Waals surface area contributed by atoms with Gasteiger partial charge in [-0.25, -0.2) is 9.78 Å². The molecule has 44 heavy (non-hydrogen) atoms. The summed E-state index contributed by atoms with van der Waals surface area (Å²) in [5, 5.41) is 22.2. The molecule has 234 valence electrons. The number of thiazole rings is 1. The van der Waals surface area contributed by atoms with E-state index in [0.29, 0.717) is 17.9 Å². The lowest BCUT2D eigenvalue weighted by Crippen LogP contribution is -2.70. The monoisotopic (exact) mass is 661 g/mol. The summed E-state index contributed by atoms with van der Waals surface area (Å²) in [4.78, 5) is 73.7. The maximum atomic E-state index is 13.3. The van der Waals surface area contributed by atoms with E-state index in [4.69, 9.17) is 10.6 Å². The number of thioether (sulfide) groups is 2. The molecule has 0 radical (unpaired) electrons. The van der Waals surface area contributed by atoms with Gasteiger partial charge in [0.25, 0.3) is 11.8 Å². The smallest absolute Gasteiger partial charge is 0.352 e. The van der Waals surface area contributed by atoms with E-state index >= 15 is 0 Å². The molecule has 3 heterocycles. The molecule has 14 nitrogen and oxygen atoms in total. The summed E-state index contributed by atoms with van der Waals surface area (Å²) in [6.07, 6.45) is 4.01. The molecule has 1 aromatic carbocycles. The van der Waals surface area contributed by atoms with Gasteiger partial charge in [0, 0.05) is 17.6 Å². The van der Waals surface area contributed by atoms with Gasteiger partial charge in [-0.2, -0.15) is 11.8 Å². The van der Waals surface area contributed by atoms with Gasteiger partial charge in [-0.3, -0.25) is 24.1 Å². The summed E-state index contributed by atoms with van der Waals surface area (Å²) in [5.74, 6) is -2.49. The number of benzene rings is 1. The third kappa shape index (κ3) is 7.77. The zero-order valence-electron chi connectivity index (χ0n) is 23.7. The Balaban J connectivity index is 1.44. The zero-order chi connectivity index (χ0) is 31.8. The number of carboxylic acids is 1. The zero-order valence-corrected chi connectivity index (χ0v) is 26.2. The number of fused-ring (bicyclic) bond motifs is 1. The quantitative estimate of drug-likeness (QED) is 0.108. The molecule has 17 heteroatoms. The van der Waals surface area contributed by atoms with Gasteiger partial charge in [0.1, 0.15) is 36.0 Å². The molecule has 6 N–H and O–H groups in total. The Morgan fingerprint density at radius 1 is 1.25 bits per heavy atom. The van der Waals surface area contributed by atoms with Gasteiger partial charge in [-0.1, -0.05) is 35.5 Å². The number of aromatic nitrogens is 1. The number of carbonyl (C=O) groups is 5. The van der Waals surface area contributed by atoms with Crippen molar-refractivity contribution in [2.75, 3.05) is 30.2 Å². The largest absolute Gasteiger partial charge is 0.477 e. The van der Waals surface area contributed by atoms with Crippen LogP contribution in [0.4, 0.5) is 5.13 Å². The fourth-order valence-corrected chi connectivity index (χ4v) is 6.77. The number of nitrogens with zero attached hydrogens (tertiary/aromatic N) is 3. The van der Waals surface area contributed by atoms with E-state index in [2.05, 4.69) is 26.1 Å². The van der Waals surface area contributed by atoms with Crippen molar-refractivity contribution >= 4 is 75.3 Å². The van der Waals surface area contributed by atoms with Crippen LogP contribution in [-0.4, -0.2) is 98.7 Å². The van der Waals surface area contributed by atoms with Gasteiger partial charge in [0.05, 0.1) is 6.04 Å². The number of rotatable bonds is 14. The van der Waals surface area contributed by atoms with E-state index in [1.165, 1.54) is 30.3 Å². The lowest BCUT2D eigenvalue weighted by Gasteiger charge is -2.48. The minimum absolute atomic E-state index is 0.0680. The molecule has 2 aliphatic heterocycles. The van der Waals surface area contributed by atoms with Gasteiger partial charge < -0.3 is 31.6 Å². The third-order valence-electron chi connectivity index (χ3n) is 6.61. The van der Waals surface area contributed by atoms with Crippen LogP contribution < -0.4 is 21.7 Å². The standard InChI is InChI=1S/C27H31N7O7S3/c1-41-33-19(23(37)31-20-24(38)34-18(26(39)40)9-11-43-25(20)34)17-13-44-27(30-17)32-22(36)16(12-14-6-4-3-5-7-14)29-21(35)15(28)8-10-42-2/h3-7,9,13,15-16,20,25H,8,10-12,28H2,1-2H3,(H,29,35)(H,31,37)(H,39,40)(H,30,32,36)/b33-19-/t15-,16-,20+,25-/m0/s1. The number of anilines is 1. The highest BCUT2D eigenvalue weighted by molar-refractivity contribution is 8.00. The van der Waals surface area contributed by atoms with E-state index in [1.807, 2.05) is 36.6 Å². The van der Waals surface area contributed by atoms with Gasteiger partial charge in [0.2, 0.25) is 11.8 Å². The molecule has 2 aromatic rings. The molecule has 2 aliphatic rings. The van der Waals surface area contributed by atoms with E-state index in [-0.39, 0.29) is 28.7 Å². The minimum Gasteiger partial charge on any atom is -0.477 e. The van der Waals surface area contributed by atoms with Crippen molar-refractivity contribution in [2.45, 2.75) is 36.3 Å². The predicted molar refractivity (Wildman–Crippen MR) is 168 cm³/mol. The van der Waals surface area contributed by atoms with Crippen LogP contribution in [0, 0.1) is 0 Å². The van der Waals surface area contributed by atoms with Crippen LogP contribution in [0.15, 0.2) is 52.6 Å². The Bertz CT molecular complexity index is 1470. The molecule has 4 amide bonds. The average Bonchev–Trinajstić information content (AvgIpc) is 3.48. The third-order valence-corrected chi connectivity index (χ3v) is 9.20. The van der Waals surface area contributed by atoms with Crippen LogP contribution in [0.1, 0.15) is 17.7 Å². The highest BCUT2D eigenvalue weighted by Crippen LogP contribution is 2.37. The van der Waals surface area contributed by atoms with E-state index in [9.17, 15) is 29.1 Å². The van der Waals surface area contributed by atoms with Crippen molar-refractivity contribution < 1.29 is 33.9 Å². The topological polar surface area (TPSA) is 205 Å². The number of oxime groups is 1. The molecule has 1 saturated heterocycles. The van der Waals surface area contributed by atoms with Crippen LogP contribution in [0.5, 0.6) is 0 Å². The molecule has 0 spiro atoms. The van der Waals surface area contributed by atoms with E-state index in [1.54, 1.807) is 11.8 Å². The van der Waals surface area contributed by atoms with Crippen molar-refractivity contribution in [3.8, 4) is 0 Å². The highest BCUT2D eigenvalue weighted by Gasteiger charge is 2.53. The van der Waals surface area contributed by atoms with Crippen LogP contribution in [0.3, 0.4) is 0 Å².